The van der Waals surface area contributed by atoms with E-state index >= 15 is 0 Å². The van der Waals surface area contributed by atoms with E-state index < -0.39 is 23.9 Å². The molecular weight excluding hydrogens is 286 g/mol. The number of hydrogen-bond donors (Lipinski definition) is 3. The first-order chi connectivity index (χ1) is 10.2. The van der Waals surface area contributed by atoms with Crippen LogP contribution in [0.3, 0.4) is 0 Å². The summed E-state index contributed by atoms with van der Waals surface area (Å²) in [7, 11) is 0. The molecule has 0 radical (unpaired) electrons. The van der Waals surface area contributed by atoms with Gasteiger partial charge in [-0.1, -0.05) is 13.8 Å². The Balaban J connectivity index is 2.80. The quantitative estimate of drug-likeness (QED) is 0.633. The fourth-order valence-electron chi connectivity index (χ4n) is 2.76. The van der Waals surface area contributed by atoms with Gasteiger partial charge in [-0.2, -0.15) is 0 Å². The van der Waals surface area contributed by atoms with E-state index in [4.69, 9.17) is 5.73 Å². The zero-order chi connectivity index (χ0) is 16.9. The second kappa shape index (κ2) is 7.91. The van der Waals surface area contributed by atoms with Gasteiger partial charge in [0.05, 0.1) is 0 Å². The third kappa shape index (κ3) is 5.13. The van der Waals surface area contributed by atoms with Crippen LogP contribution in [-0.2, 0) is 19.2 Å². The Hall–Kier alpha value is -1.92. The molecule has 0 aromatic carbocycles. The number of primary amides is 1. The van der Waals surface area contributed by atoms with Crippen molar-refractivity contribution >= 4 is 23.5 Å². The maximum absolute atomic E-state index is 12.3. The normalized spacial score (nSPS) is 21.1. The van der Waals surface area contributed by atoms with Crippen LogP contribution in [-0.4, -0.2) is 35.6 Å². The SMILES string of the molecule is CC(=O)N[C@@H](C(=O)N[C@@H](C(N)=O)[C@@H]1CCCC(=O)C1)C(C)C. The van der Waals surface area contributed by atoms with E-state index in [1.165, 1.54) is 6.92 Å². The molecule has 1 aliphatic rings. The summed E-state index contributed by atoms with van der Waals surface area (Å²) in [6.45, 7) is 4.92. The molecular formula is C15H25N3O4. The lowest BCUT2D eigenvalue weighted by atomic mass is 9.82. The van der Waals surface area contributed by atoms with Crippen molar-refractivity contribution in [2.75, 3.05) is 0 Å². The number of amides is 3. The van der Waals surface area contributed by atoms with Gasteiger partial charge in [0.25, 0.3) is 0 Å². The minimum absolute atomic E-state index is 0.0824. The average molecular weight is 311 g/mol. The average Bonchev–Trinajstić information content (AvgIpc) is 2.41. The highest BCUT2D eigenvalue weighted by molar-refractivity contribution is 5.92. The summed E-state index contributed by atoms with van der Waals surface area (Å²) in [6.07, 6.45) is 2.13. The standard InChI is InChI=1S/C15H25N3O4/c1-8(2)12(17-9(3)19)15(22)18-13(14(16)21)10-5-4-6-11(20)7-10/h8,10,12-13H,4-7H2,1-3H3,(H2,16,21)(H,17,19)(H,18,22)/t10-,12-,13-/m1/s1. The van der Waals surface area contributed by atoms with Crippen LogP contribution in [0.4, 0.5) is 0 Å². The van der Waals surface area contributed by atoms with E-state index in [1.807, 2.05) is 0 Å². The van der Waals surface area contributed by atoms with Gasteiger partial charge in [0.15, 0.2) is 0 Å². The molecule has 7 nitrogen and oxygen atoms in total. The summed E-state index contributed by atoms with van der Waals surface area (Å²) in [5.41, 5.74) is 5.39. The Morgan fingerprint density at radius 1 is 1.23 bits per heavy atom. The summed E-state index contributed by atoms with van der Waals surface area (Å²) in [6, 6.07) is -1.62. The lowest BCUT2D eigenvalue weighted by Crippen LogP contribution is -2.57. The summed E-state index contributed by atoms with van der Waals surface area (Å²) in [4.78, 5) is 46.8. The smallest absolute Gasteiger partial charge is 0.243 e. The predicted molar refractivity (Wildman–Crippen MR) is 80.5 cm³/mol. The van der Waals surface area contributed by atoms with E-state index in [2.05, 4.69) is 10.6 Å². The lowest BCUT2D eigenvalue weighted by molar-refractivity contribution is -0.133. The van der Waals surface area contributed by atoms with Crippen LogP contribution in [0.2, 0.25) is 0 Å². The molecule has 0 bridgehead atoms. The molecule has 0 aromatic heterocycles. The zero-order valence-corrected chi connectivity index (χ0v) is 13.3. The topological polar surface area (TPSA) is 118 Å². The van der Waals surface area contributed by atoms with Crippen molar-refractivity contribution in [1.82, 2.24) is 10.6 Å². The second-order valence-electron chi connectivity index (χ2n) is 6.21. The monoisotopic (exact) mass is 311 g/mol. The van der Waals surface area contributed by atoms with Gasteiger partial charge in [-0.05, 0) is 24.7 Å². The van der Waals surface area contributed by atoms with Crippen LogP contribution < -0.4 is 16.4 Å². The van der Waals surface area contributed by atoms with E-state index in [1.54, 1.807) is 13.8 Å². The van der Waals surface area contributed by atoms with Gasteiger partial charge >= 0.3 is 0 Å². The Morgan fingerprint density at radius 2 is 1.86 bits per heavy atom. The van der Waals surface area contributed by atoms with Gasteiger partial charge in [0.1, 0.15) is 17.9 Å². The van der Waals surface area contributed by atoms with E-state index in [-0.39, 0.29) is 29.9 Å². The molecule has 22 heavy (non-hydrogen) atoms. The summed E-state index contributed by atoms with van der Waals surface area (Å²) in [5, 5.41) is 5.18. The van der Waals surface area contributed by atoms with E-state index in [9.17, 15) is 19.2 Å². The second-order valence-corrected chi connectivity index (χ2v) is 6.21. The molecule has 0 saturated heterocycles. The number of carbonyl (C=O) groups is 4. The molecule has 3 amide bonds. The summed E-state index contributed by atoms with van der Waals surface area (Å²) in [5.74, 6) is -1.75. The zero-order valence-electron chi connectivity index (χ0n) is 13.3. The summed E-state index contributed by atoms with van der Waals surface area (Å²) < 4.78 is 0. The Bertz CT molecular complexity index is 462. The molecule has 7 heteroatoms. The maximum atomic E-state index is 12.3. The number of rotatable bonds is 6. The Kier molecular flexibility index (Phi) is 6.52. The summed E-state index contributed by atoms with van der Waals surface area (Å²) >= 11 is 0. The van der Waals surface area contributed by atoms with E-state index in [0.717, 1.165) is 0 Å². The van der Waals surface area contributed by atoms with Crippen LogP contribution >= 0.6 is 0 Å². The highest BCUT2D eigenvalue weighted by atomic mass is 16.2. The van der Waals surface area contributed by atoms with Crippen molar-refractivity contribution in [3.63, 3.8) is 0 Å². The number of ketones is 1. The van der Waals surface area contributed by atoms with Crippen LogP contribution in [0.1, 0.15) is 46.5 Å². The predicted octanol–water partition coefficient (Wildman–Crippen LogP) is -0.124. The molecule has 0 heterocycles. The molecule has 3 atom stereocenters. The highest BCUT2D eigenvalue weighted by Gasteiger charge is 2.34. The number of nitrogens with one attached hydrogen (secondary N) is 2. The van der Waals surface area contributed by atoms with Crippen molar-refractivity contribution in [2.24, 2.45) is 17.6 Å². The van der Waals surface area contributed by atoms with Gasteiger partial charge in [-0.15, -0.1) is 0 Å². The molecule has 4 N–H and O–H groups in total. The number of hydrogen-bond acceptors (Lipinski definition) is 4. The van der Waals surface area contributed by atoms with Crippen LogP contribution in [0, 0.1) is 11.8 Å². The molecule has 0 unspecified atom stereocenters. The number of carbonyl (C=O) groups excluding carboxylic acids is 4. The number of nitrogens with two attached hydrogens (primary N) is 1. The molecule has 1 saturated carbocycles. The maximum Gasteiger partial charge on any atom is 0.243 e. The van der Waals surface area contributed by atoms with Crippen molar-refractivity contribution in [3.8, 4) is 0 Å². The van der Waals surface area contributed by atoms with Crippen LogP contribution in [0.25, 0.3) is 0 Å². The third-order valence-electron chi connectivity index (χ3n) is 3.90. The van der Waals surface area contributed by atoms with Crippen molar-refractivity contribution in [3.05, 3.63) is 0 Å². The molecule has 124 valence electrons. The van der Waals surface area contributed by atoms with E-state index in [0.29, 0.717) is 19.3 Å². The first-order valence-electron chi connectivity index (χ1n) is 7.60. The first-order valence-corrected chi connectivity index (χ1v) is 7.60. The van der Waals surface area contributed by atoms with Crippen molar-refractivity contribution < 1.29 is 19.2 Å². The van der Waals surface area contributed by atoms with Crippen LogP contribution in [0.15, 0.2) is 0 Å². The first kappa shape index (κ1) is 18.1. The van der Waals surface area contributed by atoms with Gasteiger partial charge in [-0.25, -0.2) is 0 Å². The fraction of sp³-hybridized carbons (Fsp3) is 0.733. The van der Waals surface area contributed by atoms with Gasteiger partial charge < -0.3 is 16.4 Å². The molecule has 1 fully saturated rings. The minimum Gasteiger partial charge on any atom is -0.368 e. The van der Waals surface area contributed by atoms with Gasteiger partial charge in [-0.3, -0.25) is 19.2 Å². The minimum atomic E-state index is -0.883. The third-order valence-corrected chi connectivity index (χ3v) is 3.90. The molecule has 0 spiro atoms. The van der Waals surface area contributed by atoms with Crippen molar-refractivity contribution in [1.29, 1.82) is 0 Å². The Morgan fingerprint density at radius 3 is 2.32 bits per heavy atom. The molecule has 0 aliphatic heterocycles. The van der Waals surface area contributed by atoms with Gasteiger partial charge in [0, 0.05) is 19.8 Å². The molecule has 1 rings (SSSR count). The largest absolute Gasteiger partial charge is 0.368 e. The molecule has 1 aliphatic carbocycles. The Labute approximate surface area is 130 Å². The molecule has 0 aromatic rings. The van der Waals surface area contributed by atoms with Gasteiger partial charge in [0.2, 0.25) is 17.7 Å². The fourth-order valence-corrected chi connectivity index (χ4v) is 2.76. The number of Topliss-reactive ketones (excluding diaryl/α,β-unsaturated/α-hetero) is 1. The highest BCUT2D eigenvalue weighted by Crippen LogP contribution is 2.24. The lowest BCUT2D eigenvalue weighted by Gasteiger charge is -2.30. The van der Waals surface area contributed by atoms with Crippen LogP contribution in [0.5, 0.6) is 0 Å². The van der Waals surface area contributed by atoms with Crippen molar-refractivity contribution in [2.45, 2.75) is 58.5 Å².